The lowest BCUT2D eigenvalue weighted by Crippen LogP contribution is -2.38. The monoisotopic (exact) mass is 365 g/mol. The van der Waals surface area contributed by atoms with Crippen molar-refractivity contribution in [3.8, 4) is 0 Å². The molecule has 0 aromatic heterocycles. The van der Waals surface area contributed by atoms with Gasteiger partial charge in [-0.15, -0.1) is 0 Å². The zero-order valence-electron chi connectivity index (χ0n) is 15.3. The second kappa shape index (κ2) is 8.49. The van der Waals surface area contributed by atoms with Crippen molar-refractivity contribution in [2.45, 2.75) is 25.8 Å². The smallest absolute Gasteiger partial charge is 0.251 e. The third-order valence-corrected chi connectivity index (χ3v) is 4.60. The van der Waals surface area contributed by atoms with Gasteiger partial charge in [0.25, 0.3) is 5.91 Å². The van der Waals surface area contributed by atoms with Crippen molar-refractivity contribution in [3.63, 3.8) is 0 Å². The lowest BCUT2D eigenvalue weighted by atomic mass is 10.1. The maximum absolute atomic E-state index is 12.2. The van der Waals surface area contributed by atoms with Crippen LogP contribution in [-0.4, -0.2) is 30.8 Å². The van der Waals surface area contributed by atoms with E-state index in [9.17, 15) is 14.4 Å². The number of amides is 3. The summed E-state index contributed by atoms with van der Waals surface area (Å²) in [7, 11) is 0. The highest BCUT2D eigenvalue weighted by molar-refractivity contribution is 5.98. The Labute approximate surface area is 158 Å². The fraction of sp³-hybridized carbons (Fsp3) is 0.286. The number of hydrogen-bond donors (Lipinski definition) is 2. The molecule has 0 aliphatic carbocycles. The van der Waals surface area contributed by atoms with Crippen LogP contribution < -0.4 is 15.5 Å². The Morgan fingerprint density at radius 1 is 1.07 bits per heavy atom. The predicted octanol–water partition coefficient (Wildman–Crippen LogP) is 2.42. The molecule has 0 saturated carbocycles. The molecule has 2 aromatic rings. The van der Waals surface area contributed by atoms with Gasteiger partial charge in [0.05, 0.1) is 12.6 Å². The molecule has 2 N–H and O–H groups in total. The molecular weight excluding hydrogens is 342 g/mol. The number of hydrogen-bond acceptors (Lipinski definition) is 3. The molecule has 6 heteroatoms. The Morgan fingerprint density at radius 3 is 2.41 bits per heavy atom. The predicted molar refractivity (Wildman–Crippen MR) is 103 cm³/mol. The molecule has 27 heavy (non-hydrogen) atoms. The molecule has 2 aromatic carbocycles. The van der Waals surface area contributed by atoms with Crippen LogP contribution in [0.25, 0.3) is 0 Å². The maximum Gasteiger partial charge on any atom is 0.251 e. The van der Waals surface area contributed by atoms with Gasteiger partial charge >= 0.3 is 0 Å². The van der Waals surface area contributed by atoms with Gasteiger partial charge in [0, 0.05) is 24.2 Å². The van der Waals surface area contributed by atoms with Crippen LogP contribution in [0, 0.1) is 0 Å². The highest BCUT2D eigenvalue weighted by Crippen LogP contribution is 2.21. The summed E-state index contributed by atoms with van der Waals surface area (Å²) in [5.41, 5.74) is 2.25. The minimum absolute atomic E-state index is 0.0949. The van der Waals surface area contributed by atoms with E-state index in [4.69, 9.17) is 0 Å². The number of carbonyl (C=O) groups is 3. The van der Waals surface area contributed by atoms with Crippen LogP contribution in [0.2, 0.25) is 0 Å². The van der Waals surface area contributed by atoms with Crippen LogP contribution in [0.1, 0.15) is 41.7 Å². The molecule has 1 saturated heterocycles. The van der Waals surface area contributed by atoms with Gasteiger partial charge in [-0.2, -0.15) is 0 Å². The van der Waals surface area contributed by atoms with Gasteiger partial charge in [0.2, 0.25) is 11.8 Å². The van der Waals surface area contributed by atoms with E-state index >= 15 is 0 Å². The van der Waals surface area contributed by atoms with Crippen molar-refractivity contribution < 1.29 is 14.4 Å². The van der Waals surface area contributed by atoms with E-state index in [1.807, 2.05) is 37.3 Å². The molecule has 0 spiro atoms. The summed E-state index contributed by atoms with van der Waals surface area (Å²) in [4.78, 5) is 37.8. The quantitative estimate of drug-likeness (QED) is 0.825. The summed E-state index contributed by atoms with van der Waals surface area (Å²) >= 11 is 0. The zero-order chi connectivity index (χ0) is 19.2. The molecule has 6 nitrogen and oxygen atoms in total. The fourth-order valence-corrected chi connectivity index (χ4v) is 3.09. The molecule has 1 aliphatic rings. The molecule has 0 unspecified atom stereocenters. The highest BCUT2D eigenvalue weighted by Gasteiger charge is 2.21. The van der Waals surface area contributed by atoms with Crippen molar-refractivity contribution in [2.75, 3.05) is 18.0 Å². The van der Waals surface area contributed by atoms with Gasteiger partial charge in [-0.1, -0.05) is 30.3 Å². The van der Waals surface area contributed by atoms with Crippen molar-refractivity contribution in [3.05, 3.63) is 65.7 Å². The SMILES string of the molecule is C[C@H](NC(=O)CNC(=O)c1ccc(N2CCCC2=O)cc1)c1ccccc1. The molecule has 3 rings (SSSR count). The van der Waals surface area contributed by atoms with E-state index in [0.29, 0.717) is 18.5 Å². The van der Waals surface area contributed by atoms with E-state index in [1.165, 1.54) is 0 Å². The van der Waals surface area contributed by atoms with Crippen LogP contribution in [0.4, 0.5) is 5.69 Å². The molecule has 1 atom stereocenters. The van der Waals surface area contributed by atoms with Gasteiger partial charge in [0.15, 0.2) is 0 Å². The Morgan fingerprint density at radius 2 is 1.78 bits per heavy atom. The van der Waals surface area contributed by atoms with Gasteiger partial charge < -0.3 is 15.5 Å². The normalized spacial score (nSPS) is 14.7. The first-order chi connectivity index (χ1) is 13.0. The summed E-state index contributed by atoms with van der Waals surface area (Å²) in [6, 6.07) is 16.4. The van der Waals surface area contributed by atoms with E-state index < -0.39 is 0 Å². The maximum atomic E-state index is 12.2. The van der Waals surface area contributed by atoms with Crippen molar-refractivity contribution in [2.24, 2.45) is 0 Å². The number of anilines is 1. The molecule has 0 bridgehead atoms. The minimum atomic E-state index is -0.322. The fourth-order valence-electron chi connectivity index (χ4n) is 3.09. The van der Waals surface area contributed by atoms with Crippen LogP contribution in [0.3, 0.4) is 0 Å². The Bertz CT molecular complexity index is 818. The second-order valence-corrected chi connectivity index (χ2v) is 6.58. The summed E-state index contributed by atoms with van der Waals surface area (Å²) in [6.45, 7) is 2.51. The summed E-state index contributed by atoms with van der Waals surface area (Å²) in [5.74, 6) is -0.466. The summed E-state index contributed by atoms with van der Waals surface area (Å²) in [6.07, 6.45) is 1.43. The van der Waals surface area contributed by atoms with Gasteiger partial charge in [-0.05, 0) is 43.2 Å². The number of nitrogens with zero attached hydrogens (tertiary/aromatic N) is 1. The van der Waals surface area contributed by atoms with Crippen LogP contribution in [0.5, 0.6) is 0 Å². The number of nitrogens with one attached hydrogen (secondary N) is 2. The zero-order valence-corrected chi connectivity index (χ0v) is 15.3. The molecule has 1 heterocycles. The first-order valence-electron chi connectivity index (χ1n) is 9.07. The molecule has 3 amide bonds. The average Bonchev–Trinajstić information content (AvgIpc) is 3.13. The molecule has 140 valence electrons. The topological polar surface area (TPSA) is 78.5 Å². The minimum Gasteiger partial charge on any atom is -0.348 e. The van der Waals surface area contributed by atoms with Gasteiger partial charge in [0.1, 0.15) is 0 Å². The highest BCUT2D eigenvalue weighted by atomic mass is 16.2. The molecular formula is C21H23N3O3. The summed E-state index contributed by atoms with van der Waals surface area (Å²) < 4.78 is 0. The average molecular weight is 365 g/mol. The Hall–Kier alpha value is -3.15. The first-order valence-corrected chi connectivity index (χ1v) is 9.07. The van der Waals surface area contributed by atoms with E-state index in [1.54, 1.807) is 29.2 Å². The van der Waals surface area contributed by atoms with E-state index in [-0.39, 0.29) is 30.3 Å². The lowest BCUT2D eigenvalue weighted by Gasteiger charge is -2.16. The standard InChI is InChI=1S/C21H23N3O3/c1-15(16-6-3-2-4-7-16)23-19(25)14-22-21(27)17-9-11-18(12-10-17)24-13-5-8-20(24)26/h2-4,6-7,9-12,15H,5,8,13-14H2,1H3,(H,22,27)(H,23,25)/t15-/m0/s1. The Kier molecular flexibility index (Phi) is 5.86. The van der Waals surface area contributed by atoms with Gasteiger partial charge in [-0.3, -0.25) is 14.4 Å². The van der Waals surface area contributed by atoms with Crippen LogP contribution in [0.15, 0.2) is 54.6 Å². The van der Waals surface area contributed by atoms with Crippen molar-refractivity contribution >= 4 is 23.4 Å². The first kappa shape index (κ1) is 18.6. The molecule has 0 radical (unpaired) electrons. The molecule has 1 aliphatic heterocycles. The van der Waals surface area contributed by atoms with E-state index in [0.717, 1.165) is 17.7 Å². The number of benzene rings is 2. The van der Waals surface area contributed by atoms with E-state index in [2.05, 4.69) is 10.6 Å². The lowest BCUT2D eigenvalue weighted by molar-refractivity contribution is -0.120. The van der Waals surface area contributed by atoms with Crippen LogP contribution >= 0.6 is 0 Å². The largest absolute Gasteiger partial charge is 0.348 e. The van der Waals surface area contributed by atoms with Crippen molar-refractivity contribution in [1.29, 1.82) is 0 Å². The third-order valence-electron chi connectivity index (χ3n) is 4.60. The number of carbonyl (C=O) groups excluding carboxylic acids is 3. The summed E-state index contributed by atoms with van der Waals surface area (Å²) in [5, 5.41) is 5.48. The number of rotatable bonds is 6. The van der Waals surface area contributed by atoms with Crippen LogP contribution in [-0.2, 0) is 9.59 Å². The van der Waals surface area contributed by atoms with Gasteiger partial charge in [-0.25, -0.2) is 0 Å². The third kappa shape index (κ3) is 4.73. The second-order valence-electron chi connectivity index (χ2n) is 6.58. The van der Waals surface area contributed by atoms with Crippen molar-refractivity contribution in [1.82, 2.24) is 10.6 Å². The Balaban J connectivity index is 1.50. The molecule has 1 fully saturated rings.